The van der Waals surface area contributed by atoms with Gasteiger partial charge in [-0.3, -0.25) is 9.59 Å². The number of amides is 1. The first kappa shape index (κ1) is 17.8. The number of para-hydroxylation sites is 1. The van der Waals surface area contributed by atoms with Gasteiger partial charge in [0.25, 0.3) is 5.56 Å². The molecule has 0 fully saturated rings. The molecular formula is C19H20N4O3S. The summed E-state index contributed by atoms with van der Waals surface area (Å²) in [4.78, 5) is 26.9. The number of carbonyl (C=O) groups is 1. The van der Waals surface area contributed by atoms with Crippen LogP contribution in [0, 0.1) is 0 Å². The topological polar surface area (TPSA) is 86.1 Å². The normalized spacial score (nSPS) is 19.0. The van der Waals surface area contributed by atoms with E-state index in [2.05, 4.69) is 29.5 Å². The van der Waals surface area contributed by atoms with Gasteiger partial charge in [0, 0.05) is 17.0 Å². The predicted molar refractivity (Wildman–Crippen MR) is 104 cm³/mol. The summed E-state index contributed by atoms with van der Waals surface area (Å²) in [5.74, 6) is -0.317. The van der Waals surface area contributed by atoms with Gasteiger partial charge in [0.2, 0.25) is 5.91 Å². The van der Waals surface area contributed by atoms with Crippen molar-refractivity contribution in [3.05, 3.63) is 51.1 Å². The summed E-state index contributed by atoms with van der Waals surface area (Å²) in [6.45, 7) is 4.43. The maximum atomic E-state index is 13.0. The molecule has 1 N–H and O–H groups in total. The summed E-state index contributed by atoms with van der Waals surface area (Å²) >= 11 is 1.44. The zero-order valence-corrected chi connectivity index (χ0v) is 16.0. The molecule has 3 heterocycles. The summed E-state index contributed by atoms with van der Waals surface area (Å²) in [6, 6.07) is 9.11. The Balaban J connectivity index is 1.65. The predicted octanol–water partition coefficient (Wildman–Crippen LogP) is 2.73. The molecule has 8 heteroatoms. The first-order chi connectivity index (χ1) is 13.0. The highest BCUT2D eigenvalue weighted by molar-refractivity contribution is 7.18. The molecule has 1 atom stereocenters. The zero-order valence-electron chi connectivity index (χ0n) is 15.2. The number of anilines is 1. The lowest BCUT2D eigenvalue weighted by Gasteiger charge is -2.32. The number of carbonyl (C=O) groups excluding carboxylic acids is 1. The van der Waals surface area contributed by atoms with E-state index in [0.717, 1.165) is 21.5 Å². The van der Waals surface area contributed by atoms with E-state index < -0.39 is 0 Å². The number of fused-ring (bicyclic) bond motifs is 3. The monoisotopic (exact) mass is 384 g/mol. The van der Waals surface area contributed by atoms with E-state index >= 15 is 0 Å². The van der Waals surface area contributed by atoms with Gasteiger partial charge in [-0.25, -0.2) is 4.68 Å². The Labute approximate surface area is 160 Å². The average molecular weight is 384 g/mol. The lowest BCUT2D eigenvalue weighted by atomic mass is 9.90. The Morgan fingerprint density at radius 2 is 2.15 bits per heavy atom. The van der Waals surface area contributed by atoms with Crippen molar-refractivity contribution >= 4 is 33.1 Å². The molecule has 7 nitrogen and oxygen atoms in total. The fourth-order valence-electron chi connectivity index (χ4n) is 3.21. The number of hydrogen-bond donors (Lipinski definition) is 1. The van der Waals surface area contributed by atoms with Crippen molar-refractivity contribution in [1.82, 2.24) is 15.0 Å². The Bertz CT molecular complexity index is 1060. The molecule has 2 aromatic heterocycles. The molecule has 1 aliphatic heterocycles. The van der Waals surface area contributed by atoms with Gasteiger partial charge >= 0.3 is 0 Å². The molecule has 4 rings (SSSR count). The number of ether oxygens (including phenoxy) is 1. The number of nitrogens with one attached hydrogen (secondary N) is 1. The van der Waals surface area contributed by atoms with Gasteiger partial charge in [0.15, 0.2) is 4.83 Å². The van der Waals surface area contributed by atoms with Crippen LogP contribution >= 0.6 is 11.3 Å². The van der Waals surface area contributed by atoms with Crippen LogP contribution in [0.4, 0.5) is 5.69 Å². The summed E-state index contributed by atoms with van der Waals surface area (Å²) in [5.41, 5.74) is 1.10. The van der Waals surface area contributed by atoms with E-state index in [-0.39, 0.29) is 23.6 Å². The minimum atomic E-state index is -0.317. The first-order valence-electron chi connectivity index (χ1n) is 8.86. The molecule has 0 aliphatic carbocycles. The van der Waals surface area contributed by atoms with Crippen LogP contribution in [0.1, 0.15) is 30.7 Å². The second-order valence-electron chi connectivity index (χ2n) is 6.92. The lowest BCUT2D eigenvalue weighted by molar-refractivity contribution is -0.117. The number of hydrogen-bond acceptors (Lipinski definition) is 6. The van der Waals surface area contributed by atoms with Crippen LogP contribution in [-0.2, 0) is 29.1 Å². The van der Waals surface area contributed by atoms with Gasteiger partial charge in [-0.2, -0.15) is 0 Å². The highest BCUT2D eigenvalue weighted by Crippen LogP contribution is 2.37. The van der Waals surface area contributed by atoms with Crippen molar-refractivity contribution in [2.75, 3.05) is 5.32 Å². The Morgan fingerprint density at radius 3 is 2.89 bits per heavy atom. The molecule has 27 heavy (non-hydrogen) atoms. The lowest BCUT2D eigenvalue weighted by Crippen LogP contribution is -2.35. The molecule has 1 aliphatic rings. The molecular weight excluding hydrogens is 364 g/mol. The third-order valence-electron chi connectivity index (χ3n) is 4.97. The van der Waals surface area contributed by atoms with Crippen LogP contribution in [0.25, 0.3) is 10.2 Å². The van der Waals surface area contributed by atoms with Gasteiger partial charge < -0.3 is 10.1 Å². The van der Waals surface area contributed by atoms with Gasteiger partial charge in [-0.15, -0.1) is 16.4 Å². The van der Waals surface area contributed by atoms with Crippen molar-refractivity contribution in [1.29, 1.82) is 0 Å². The molecule has 1 aromatic carbocycles. The van der Waals surface area contributed by atoms with E-state index in [1.165, 1.54) is 11.3 Å². The van der Waals surface area contributed by atoms with Crippen LogP contribution in [-0.4, -0.2) is 26.5 Å². The molecule has 0 radical (unpaired) electrons. The fourth-order valence-corrected chi connectivity index (χ4v) is 4.25. The number of nitrogens with zero attached hydrogens (tertiary/aromatic N) is 3. The Kier molecular flexibility index (Phi) is 4.53. The molecule has 140 valence electrons. The molecule has 0 bridgehead atoms. The van der Waals surface area contributed by atoms with E-state index in [9.17, 15) is 9.59 Å². The highest BCUT2D eigenvalue weighted by Gasteiger charge is 2.33. The summed E-state index contributed by atoms with van der Waals surface area (Å²) < 4.78 is 7.09. The average Bonchev–Trinajstić information content (AvgIpc) is 3.03. The number of aromatic nitrogens is 3. The third-order valence-corrected chi connectivity index (χ3v) is 6.05. The molecule has 1 amide bonds. The highest BCUT2D eigenvalue weighted by atomic mass is 32.1. The number of benzene rings is 1. The third kappa shape index (κ3) is 3.38. The maximum Gasteiger partial charge on any atom is 0.279 e. The first-order valence-corrected chi connectivity index (χ1v) is 9.67. The van der Waals surface area contributed by atoms with Crippen molar-refractivity contribution in [3.8, 4) is 0 Å². The second kappa shape index (κ2) is 6.86. The van der Waals surface area contributed by atoms with E-state index in [4.69, 9.17) is 4.74 Å². The smallest absolute Gasteiger partial charge is 0.279 e. The minimum absolute atomic E-state index is 0.178. The van der Waals surface area contributed by atoms with Gasteiger partial charge in [0.05, 0.1) is 17.6 Å². The van der Waals surface area contributed by atoms with Crippen molar-refractivity contribution in [3.63, 3.8) is 0 Å². The number of rotatable bonds is 4. The summed E-state index contributed by atoms with van der Waals surface area (Å²) in [7, 11) is 0. The fraction of sp³-hybridized carbons (Fsp3) is 0.368. The summed E-state index contributed by atoms with van der Waals surface area (Å²) in [6.07, 6.45) is 1.52. The van der Waals surface area contributed by atoms with Crippen LogP contribution in [0.3, 0.4) is 0 Å². The largest absolute Gasteiger partial charge is 0.369 e. The number of thiophene rings is 1. The van der Waals surface area contributed by atoms with Crippen LogP contribution in [0.5, 0.6) is 0 Å². The zero-order chi connectivity index (χ0) is 19.0. The Morgan fingerprint density at radius 1 is 1.37 bits per heavy atom. The summed E-state index contributed by atoms with van der Waals surface area (Å²) in [5, 5.41) is 11.5. The Hall–Kier alpha value is -2.58. The van der Waals surface area contributed by atoms with Crippen LogP contribution in [0.2, 0.25) is 0 Å². The van der Waals surface area contributed by atoms with Crippen molar-refractivity contribution < 1.29 is 9.53 Å². The van der Waals surface area contributed by atoms with E-state index in [1.807, 2.05) is 18.2 Å². The van der Waals surface area contributed by atoms with E-state index in [0.29, 0.717) is 28.9 Å². The molecule has 0 spiro atoms. The van der Waals surface area contributed by atoms with E-state index in [1.54, 1.807) is 12.1 Å². The maximum absolute atomic E-state index is 13.0. The van der Waals surface area contributed by atoms with Gasteiger partial charge in [0.1, 0.15) is 6.54 Å². The van der Waals surface area contributed by atoms with Crippen molar-refractivity contribution in [2.45, 2.75) is 45.4 Å². The minimum Gasteiger partial charge on any atom is -0.369 e. The van der Waals surface area contributed by atoms with Crippen LogP contribution < -0.4 is 10.9 Å². The molecule has 0 unspecified atom stereocenters. The second-order valence-corrected chi connectivity index (χ2v) is 8.00. The quantitative estimate of drug-likeness (QED) is 0.747. The SMILES string of the molecule is CC[C@@]1(C)Cc2c(sc3nnn(CC(=O)Nc4ccccc4)c(=O)c23)CO1. The van der Waals surface area contributed by atoms with Crippen molar-refractivity contribution in [2.24, 2.45) is 0 Å². The molecule has 0 saturated heterocycles. The van der Waals surface area contributed by atoms with Gasteiger partial charge in [-0.1, -0.05) is 30.3 Å². The molecule has 3 aromatic rings. The standard InChI is InChI=1S/C19H20N4O3S/c1-3-19(2)9-13-14(11-26-19)27-17-16(13)18(25)23(22-21-17)10-15(24)20-12-7-5-4-6-8-12/h4-8H,3,9-11H2,1-2H3,(H,20,24)/t19-/m0/s1. The van der Waals surface area contributed by atoms with Gasteiger partial charge in [-0.05, 0) is 31.0 Å². The van der Waals surface area contributed by atoms with Crippen LogP contribution in [0.15, 0.2) is 35.1 Å². The molecule has 0 saturated carbocycles.